The summed E-state index contributed by atoms with van der Waals surface area (Å²) in [5.74, 6) is 0. The lowest BCUT2D eigenvalue weighted by atomic mass is 9.74. The first kappa shape index (κ1) is 15.1. The summed E-state index contributed by atoms with van der Waals surface area (Å²) in [6.45, 7) is 12.2. The van der Waals surface area contributed by atoms with E-state index >= 15 is 0 Å². The van der Waals surface area contributed by atoms with Crippen LogP contribution in [0.4, 0.5) is 0 Å². The molecule has 0 aromatic heterocycles. The van der Waals surface area contributed by atoms with Gasteiger partial charge in [-0.15, -0.1) is 0 Å². The Hall–Kier alpha value is -0.860. The predicted octanol–water partition coefficient (Wildman–Crippen LogP) is 3.52. The van der Waals surface area contributed by atoms with Crippen LogP contribution in [0.3, 0.4) is 0 Å². The van der Waals surface area contributed by atoms with Gasteiger partial charge < -0.3 is 4.90 Å². The van der Waals surface area contributed by atoms with Crippen molar-refractivity contribution in [1.29, 1.82) is 0 Å². The van der Waals surface area contributed by atoms with Crippen LogP contribution in [0.5, 0.6) is 0 Å². The largest absolute Gasteiger partial charge is 0.301 e. The molecule has 2 heterocycles. The van der Waals surface area contributed by atoms with E-state index in [1.54, 1.807) is 0 Å². The summed E-state index contributed by atoms with van der Waals surface area (Å²) in [7, 11) is 2.28. The second-order valence-electron chi connectivity index (χ2n) is 8.37. The predicted molar refractivity (Wildman–Crippen MR) is 89.7 cm³/mol. The summed E-state index contributed by atoms with van der Waals surface area (Å²) in [6.07, 6.45) is 2.57. The molecule has 2 bridgehead atoms. The fourth-order valence-electron chi connectivity index (χ4n) is 4.78. The van der Waals surface area contributed by atoms with Crippen molar-refractivity contribution in [3.63, 3.8) is 0 Å². The van der Waals surface area contributed by atoms with Crippen molar-refractivity contribution in [2.45, 2.75) is 63.6 Å². The molecule has 2 atom stereocenters. The normalized spacial score (nSPS) is 27.5. The Morgan fingerprint density at radius 3 is 2.19 bits per heavy atom. The lowest BCUT2D eigenvalue weighted by molar-refractivity contribution is 0.0383. The number of piperazine rings is 1. The molecular formula is C19H30N2. The van der Waals surface area contributed by atoms with E-state index in [4.69, 9.17) is 0 Å². The van der Waals surface area contributed by atoms with E-state index in [9.17, 15) is 0 Å². The fourth-order valence-corrected chi connectivity index (χ4v) is 4.78. The monoisotopic (exact) mass is 286 g/mol. The maximum absolute atomic E-state index is 2.78. The second-order valence-corrected chi connectivity index (χ2v) is 8.37. The summed E-state index contributed by atoms with van der Waals surface area (Å²) in [6, 6.07) is 12.5. The van der Waals surface area contributed by atoms with Gasteiger partial charge in [0.05, 0.1) is 0 Å². The third kappa shape index (κ3) is 2.76. The molecule has 3 rings (SSSR count). The minimum Gasteiger partial charge on any atom is -0.301 e. The van der Waals surface area contributed by atoms with Crippen LogP contribution in [0.1, 0.15) is 46.1 Å². The minimum absolute atomic E-state index is 0.221. The van der Waals surface area contributed by atoms with Gasteiger partial charge in [0.2, 0.25) is 0 Å². The number of hydrogen-bond donors (Lipinski definition) is 0. The molecule has 2 fully saturated rings. The lowest BCUT2D eigenvalue weighted by Gasteiger charge is -2.46. The van der Waals surface area contributed by atoms with Gasteiger partial charge in [-0.05, 0) is 44.7 Å². The molecule has 0 aliphatic carbocycles. The number of fused-ring (bicyclic) bond motifs is 2. The van der Waals surface area contributed by atoms with Gasteiger partial charge in [0, 0.05) is 30.7 Å². The SMILES string of the molecule is CN1CC2CC1CN2C(C)(C)CC(C)(C)c1ccccc1. The molecular weight excluding hydrogens is 256 g/mol. The van der Waals surface area contributed by atoms with Crippen LogP contribution >= 0.6 is 0 Å². The molecule has 0 radical (unpaired) electrons. The minimum atomic E-state index is 0.221. The van der Waals surface area contributed by atoms with Gasteiger partial charge in [-0.3, -0.25) is 4.90 Å². The first-order valence-electron chi connectivity index (χ1n) is 8.32. The number of hydrogen-bond acceptors (Lipinski definition) is 2. The smallest absolute Gasteiger partial charge is 0.0244 e. The van der Waals surface area contributed by atoms with Crippen LogP contribution in [0.25, 0.3) is 0 Å². The van der Waals surface area contributed by atoms with Crippen molar-refractivity contribution in [2.24, 2.45) is 0 Å². The molecule has 2 aliphatic rings. The number of likely N-dealkylation sites (N-methyl/N-ethyl adjacent to an activating group) is 1. The Labute approximate surface area is 130 Å². The Morgan fingerprint density at radius 1 is 1.00 bits per heavy atom. The Balaban J connectivity index is 1.74. The average molecular weight is 286 g/mol. The number of benzene rings is 1. The van der Waals surface area contributed by atoms with Crippen LogP contribution < -0.4 is 0 Å². The first-order chi connectivity index (χ1) is 9.79. The molecule has 1 aromatic carbocycles. The average Bonchev–Trinajstić information content (AvgIpc) is 2.98. The van der Waals surface area contributed by atoms with Crippen molar-refractivity contribution in [3.8, 4) is 0 Å². The molecule has 21 heavy (non-hydrogen) atoms. The van der Waals surface area contributed by atoms with Crippen LogP contribution in [0.2, 0.25) is 0 Å². The molecule has 2 unspecified atom stereocenters. The van der Waals surface area contributed by atoms with Gasteiger partial charge in [-0.25, -0.2) is 0 Å². The highest BCUT2D eigenvalue weighted by molar-refractivity contribution is 5.24. The van der Waals surface area contributed by atoms with Crippen molar-refractivity contribution in [1.82, 2.24) is 9.80 Å². The van der Waals surface area contributed by atoms with E-state index in [0.717, 1.165) is 12.1 Å². The highest BCUT2D eigenvalue weighted by Crippen LogP contribution is 2.41. The van der Waals surface area contributed by atoms with Gasteiger partial charge in [0.25, 0.3) is 0 Å². The molecule has 0 amide bonds. The molecule has 2 heteroatoms. The van der Waals surface area contributed by atoms with Crippen LogP contribution in [-0.2, 0) is 5.41 Å². The number of likely N-dealkylation sites (tertiary alicyclic amines) is 2. The number of rotatable bonds is 4. The van der Waals surface area contributed by atoms with Gasteiger partial charge in [0.1, 0.15) is 0 Å². The van der Waals surface area contributed by atoms with Gasteiger partial charge in [-0.2, -0.15) is 0 Å². The van der Waals surface area contributed by atoms with E-state index in [2.05, 4.69) is 74.9 Å². The molecule has 2 saturated heterocycles. The first-order valence-corrected chi connectivity index (χ1v) is 8.32. The van der Waals surface area contributed by atoms with E-state index in [1.807, 2.05) is 0 Å². The topological polar surface area (TPSA) is 6.48 Å². The maximum Gasteiger partial charge on any atom is 0.0244 e. The van der Waals surface area contributed by atoms with E-state index in [-0.39, 0.29) is 11.0 Å². The molecule has 2 nitrogen and oxygen atoms in total. The molecule has 1 aromatic rings. The zero-order valence-electron chi connectivity index (χ0n) is 14.3. The summed E-state index contributed by atoms with van der Waals surface area (Å²) in [4.78, 5) is 5.32. The van der Waals surface area contributed by atoms with Gasteiger partial charge in [0.15, 0.2) is 0 Å². The van der Waals surface area contributed by atoms with Gasteiger partial charge >= 0.3 is 0 Å². The van der Waals surface area contributed by atoms with Crippen molar-refractivity contribution in [2.75, 3.05) is 20.1 Å². The zero-order valence-corrected chi connectivity index (χ0v) is 14.3. The highest BCUT2D eigenvalue weighted by atomic mass is 15.4. The third-order valence-corrected chi connectivity index (χ3v) is 5.72. The summed E-state index contributed by atoms with van der Waals surface area (Å²) >= 11 is 0. The third-order valence-electron chi connectivity index (χ3n) is 5.72. The summed E-state index contributed by atoms with van der Waals surface area (Å²) < 4.78 is 0. The molecule has 2 aliphatic heterocycles. The molecule has 0 N–H and O–H groups in total. The zero-order chi connectivity index (χ0) is 15.3. The van der Waals surface area contributed by atoms with Crippen molar-refractivity contribution < 1.29 is 0 Å². The maximum atomic E-state index is 2.78. The highest BCUT2D eigenvalue weighted by Gasteiger charge is 2.48. The standard InChI is InChI=1S/C19H30N2/c1-18(2,15-9-7-6-8-10-15)14-19(3,4)21-13-16-11-17(21)12-20(16)5/h6-10,16-17H,11-14H2,1-5H3. The Bertz CT molecular complexity index is 490. The van der Waals surface area contributed by atoms with Gasteiger partial charge in [-0.1, -0.05) is 44.2 Å². The Morgan fingerprint density at radius 2 is 1.67 bits per heavy atom. The van der Waals surface area contributed by atoms with E-state index in [0.29, 0.717) is 0 Å². The van der Waals surface area contributed by atoms with Crippen molar-refractivity contribution >= 4 is 0 Å². The molecule has 0 saturated carbocycles. The fraction of sp³-hybridized carbons (Fsp3) is 0.684. The van der Waals surface area contributed by atoms with Crippen molar-refractivity contribution in [3.05, 3.63) is 35.9 Å². The lowest BCUT2D eigenvalue weighted by Crippen LogP contribution is -2.55. The van der Waals surface area contributed by atoms with Crippen LogP contribution in [0.15, 0.2) is 30.3 Å². The van der Waals surface area contributed by atoms with Crippen LogP contribution in [-0.4, -0.2) is 47.6 Å². The number of nitrogens with zero attached hydrogens (tertiary/aromatic N) is 2. The van der Waals surface area contributed by atoms with Crippen LogP contribution in [0, 0.1) is 0 Å². The summed E-state index contributed by atoms with van der Waals surface area (Å²) in [5.41, 5.74) is 1.94. The molecule has 0 spiro atoms. The second kappa shape index (κ2) is 5.10. The van der Waals surface area contributed by atoms with E-state index < -0.39 is 0 Å². The quantitative estimate of drug-likeness (QED) is 0.835. The Kier molecular flexibility index (Phi) is 3.66. The van der Waals surface area contributed by atoms with E-state index in [1.165, 1.54) is 31.5 Å². The summed E-state index contributed by atoms with van der Waals surface area (Å²) in [5, 5.41) is 0. The molecule has 116 valence electrons.